The standard InChI is InChI=1S/C13H14NP/c1-14-12-9-5-6-10-13(12)15-11-7-3-2-4-8-11/h2-10,14-15H,1H3. The van der Waals surface area contributed by atoms with Gasteiger partial charge < -0.3 is 5.32 Å². The Kier molecular flexibility index (Phi) is 3.37. The molecule has 0 bridgehead atoms. The summed E-state index contributed by atoms with van der Waals surface area (Å²) in [5.41, 5.74) is 1.22. The van der Waals surface area contributed by atoms with Gasteiger partial charge >= 0.3 is 0 Å². The first-order chi connectivity index (χ1) is 7.40. The molecule has 0 aliphatic carbocycles. The second kappa shape index (κ2) is 4.95. The zero-order chi connectivity index (χ0) is 10.5. The fourth-order valence-electron chi connectivity index (χ4n) is 1.49. The van der Waals surface area contributed by atoms with E-state index in [2.05, 4.69) is 59.9 Å². The second-order valence-corrected chi connectivity index (χ2v) is 4.65. The summed E-state index contributed by atoms with van der Waals surface area (Å²) in [5.74, 6) is 0. The summed E-state index contributed by atoms with van der Waals surface area (Å²) >= 11 is 0. The molecule has 0 heterocycles. The Morgan fingerprint density at radius 1 is 0.867 bits per heavy atom. The predicted octanol–water partition coefficient (Wildman–Crippen LogP) is 2.36. The molecular formula is C13H14NP. The van der Waals surface area contributed by atoms with Gasteiger partial charge in [0.25, 0.3) is 0 Å². The molecule has 0 aliphatic heterocycles. The van der Waals surface area contributed by atoms with E-state index in [0.29, 0.717) is 0 Å². The van der Waals surface area contributed by atoms with Crippen LogP contribution in [0.4, 0.5) is 5.69 Å². The first-order valence-corrected chi connectivity index (χ1v) is 5.99. The lowest BCUT2D eigenvalue weighted by atomic mass is 10.3. The van der Waals surface area contributed by atoms with Crippen LogP contribution in [0, 0.1) is 0 Å². The molecular weight excluding hydrogens is 201 g/mol. The van der Waals surface area contributed by atoms with E-state index in [-0.39, 0.29) is 0 Å². The highest BCUT2D eigenvalue weighted by molar-refractivity contribution is 7.55. The maximum Gasteiger partial charge on any atom is 0.0416 e. The van der Waals surface area contributed by atoms with Crippen LogP contribution in [-0.2, 0) is 0 Å². The molecule has 76 valence electrons. The Morgan fingerprint density at radius 2 is 1.53 bits per heavy atom. The van der Waals surface area contributed by atoms with Gasteiger partial charge in [0.05, 0.1) is 0 Å². The monoisotopic (exact) mass is 215 g/mol. The molecule has 0 saturated heterocycles. The van der Waals surface area contributed by atoms with Crippen molar-refractivity contribution in [1.29, 1.82) is 0 Å². The van der Waals surface area contributed by atoms with E-state index in [1.807, 2.05) is 7.05 Å². The van der Waals surface area contributed by atoms with Crippen molar-refractivity contribution in [2.45, 2.75) is 0 Å². The third-order valence-electron chi connectivity index (χ3n) is 2.25. The lowest BCUT2D eigenvalue weighted by Crippen LogP contribution is -2.07. The van der Waals surface area contributed by atoms with Crippen molar-refractivity contribution < 1.29 is 0 Å². The van der Waals surface area contributed by atoms with Crippen LogP contribution in [-0.4, -0.2) is 7.05 Å². The summed E-state index contributed by atoms with van der Waals surface area (Å²) in [6, 6.07) is 19.0. The van der Waals surface area contributed by atoms with Crippen molar-refractivity contribution in [2.24, 2.45) is 0 Å². The summed E-state index contributed by atoms with van der Waals surface area (Å²) in [7, 11) is 2.69. The lowest BCUT2D eigenvalue weighted by molar-refractivity contribution is 1.54. The Bertz CT molecular complexity index is 426. The minimum absolute atomic E-state index is 0.720. The Morgan fingerprint density at radius 3 is 2.27 bits per heavy atom. The van der Waals surface area contributed by atoms with Crippen molar-refractivity contribution in [3.05, 3.63) is 54.6 Å². The van der Waals surface area contributed by atoms with Gasteiger partial charge in [-0.05, 0) is 11.4 Å². The maximum atomic E-state index is 3.22. The highest BCUT2D eigenvalue weighted by Gasteiger charge is 2.00. The maximum absolute atomic E-state index is 3.22. The summed E-state index contributed by atoms with van der Waals surface area (Å²) in [6.07, 6.45) is 0. The molecule has 0 radical (unpaired) electrons. The summed E-state index contributed by atoms with van der Waals surface area (Å²) < 4.78 is 0. The molecule has 0 aliphatic rings. The van der Waals surface area contributed by atoms with Crippen molar-refractivity contribution in [2.75, 3.05) is 12.4 Å². The van der Waals surface area contributed by atoms with Crippen LogP contribution in [0.15, 0.2) is 54.6 Å². The molecule has 2 heteroatoms. The molecule has 1 N–H and O–H groups in total. The van der Waals surface area contributed by atoms with E-state index in [9.17, 15) is 0 Å². The molecule has 0 amide bonds. The first kappa shape index (κ1) is 10.2. The highest BCUT2D eigenvalue weighted by Crippen LogP contribution is 2.16. The molecule has 1 nitrogen and oxygen atoms in total. The number of rotatable bonds is 3. The summed E-state index contributed by atoms with van der Waals surface area (Å²) in [4.78, 5) is 0. The fourth-order valence-corrected chi connectivity index (χ4v) is 2.68. The van der Waals surface area contributed by atoms with Gasteiger partial charge in [-0.2, -0.15) is 0 Å². The molecule has 0 fully saturated rings. The Hall–Kier alpha value is -1.33. The minimum atomic E-state index is 0.720. The minimum Gasteiger partial charge on any atom is -0.388 e. The Labute approximate surface area is 92.3 Å². The summed E-state index contributed by atoms with van der Waals surface area (Å²) in [5, 5.41) is 5.96. The smallest absolute Gasteiger partial charge is 0.0416 e. The van der Waals surface area contributed by atoms with Crippen LogP contribution in [0.25, 0.3) is 0 Å². The van der Waals surface area contributed by atoms with Crippen LogP contribution in [0.5, 0.6) is 0 Å². The van der Waals surface area contributed by atoms with Crippen molar-refractivity contribution in [3.63, 3.8) is 0 Å². The van der Waals surface area contributed by atoms with E-state index in [1.54, 1.807) is 0 Å². The summed E-state index contributed by atoms with van der Waals surface area (Å²) in [6.45, 7) is 0. The molecule has 1 unspecified atom stereocenters. The van der Waals surface area contributed by atoms with Gasteiger partial charge in [0.15, 0.2) is 0 Å². The molecule has 0 aromatic heterocycles. The van der Waals surface area contributed by atoms with E-state index in [4.69, 9.17) is 0 Å². The van der Waals surface area contributed by atoms with Gasteiger partial charge in [0, 0.05) is 18.0 Å². The topological polar surface area (TPSA) is 12.0 Å². The van der Waals surface area contributed by atoms with Crippen molar-refractivity contribution in [1.82, 2.24) is 0 Å². The SMILES string of the molecule is CNc1ccccc1Pc1ccccc1. The molecule has 2 aromatic rings. The van der Waals surface area contributed by atoms with Crippen LogP contribution < -0.4 is 15.9 Å². The van der Waals surface area contributed by atoms with Gasteiger partial charge in [0.2, 0.25) is 0 Å². The van der Waals surface area contributed by atoms with Gasteiger partial charge in [-0.1, -0.05) is 57.1 Å². The second-order valence-electron chi connectivity index (χ2n) is 3.29. The molecule has 0 spiro atoms. The van der Waals surface area contributed by atoms with Crippen molar-refractivity contribution in [3.8, 4) is 0 Å². The van der Waals surface area contributed by atoms with Gasteiger partial charge in [-0.15, -0.1) is 0 Å². The molecule has 1 atom stereocenters. The molecule has 15 heavy (non-hydrogen) atoms. The Balaban J connectivity index is 2.24. The molecule has 2 rings (SSSR count). The number of benzene rings is 2. The first-order valence-electron chi connectivity index (χ1n) is 4.99. The number of anilines is 1. The zero-order valence-electron chi connectivity index (χ0n) is 8.70. The van der Waals surface area contributed by atoms with Gasteiger partial charge in [-0.25, -0.2) is 0 Å². The van der Waals surface area contributed by atoms with E-state index in [1.165, 1.54) is 16.3 Å². The number of para-hydroxylation sites is 1. The van der Waals surface area contributed by atoms with E-state index < -0.39 is 0 Å². The lowest BCUT2D eigenvalue weighted by Gasteiger charge is -2.08. The van der Waals surface area contributed by atoms with Crippen LogP contribution >= 0.6 is 8.58 Å². The third-order valence-corrected chi connectivity index (χ3v) is 3.58. The van der Waals surface area contributed by atoms with Crippen LogP contribution in [0.2, 0.25) is 0 Å². The largest absolute Gasteiger partial charge is 0.388 e. The van der Waals surface area contributed by atoms with Crippen molar-refractivity contribution >= 4 is 24.9 Å². The molecule has 0 saturated carbocycles. The van der Waals surface area contributed by atoms with Gasteiger partial charge in [0.1, 0.15) is 0 Å². The number of nitrogens with one attached hydrogen (secondary N) is 1. The normalized spacial score (nSPS) is 10.7. The van der Waals surface area contributed by atoms with Crippen LogP contribution in [0.1, 0.15) is 0 Å². The number of hydrogen-bond acceptors (Lipinski definition) is 1. The van der Waals surface area contributed by atoms with Gasteiger partial charge in [-0.3, -0.25) is 0 Å². The van der Waals surface area contributed by atoms with E-state index in [0.717, 1.165) is 8.58 Å². The van der Waals surface area contributed by atoms with Crippen LogP contribution in [0.3, 0.4) is 0 Å². The highest BCUT2D eigenvalue weighted by atomic mass is 31.1. The average molecular weight is 215 g/mol. The number of hydrogen-bond donors (Lipinski definition) is 1. The fraction of sp³-hybridized carbons (Fsp3) is 0.0769. The van der Waals surface area contributed by atoms with E-state index >= 15 is 0 Å². The predicted molar refractivity (Wildman–Crippen MR) is 70.0 cm³/mol. The quantitative estimate of drug-likeness (QED) is 0.775. The third kappa shape index (κ3) is 2.57. The zero-order valence-corrected chi connectivity index (χ0v) is 9.70. The average Bonchev–Trinajstić information content (AvgIpc) is 2.31. The molecule has 2 aromatic carbocycles.